The lowest BCUT2D eigenvalue weighted by Crippen LogP contribution is -2.57. The first kappa shape index (κ1) is 19.2. The number of carbonyl (C=O) groups excluding carboxylic acids is 1. The number of carbonyl (C=O) groups is 1. The molecule has 6 nitrogen and oxygen atoms in total. The van der Waals surface area contributed by atoms with Crippen LogP contribution in [0.2, 0.25) is 0 Å². The van der Waals surface area contributed by atoms with Gasteiger partial charge in [-0.2, -0.15) is 13.2 Å². The zero-order valence-corrected chi connectivity index (χ0v) is 13.9. The molecule has 4 aliphatic rings. The first-order valence-electron chi connectivity index (χ1n) is 7.82. The van der Waals surface area contributed by atoms with Crippen molar-refractivity contribution < 1.29 is 46.8 Å². The number of ether oxygens (including phenoxy) is 1. The molecule has 0 radical (unpaired) electrons. The molecule has 0 aromatic heterocycles. The number of hydrogen-bond donors (Lipinski definition) is 2. The standard InChI is InChI=1S/C14H18F4O6S/c15-13(14(16,17)18,25-24-23-21)10(19)22-7-11-2-8-1-9(3-11)5-12(20,4-8)6-11/h8-9,20-21H,1-7H2. The van der Waals surface area contributed by atoms with E-state index in [1.807, 2.05) is 0 Å². The summed E-state index contributed by atoms with van der Waals surface area (Å²) >= 11 is -1.03. The minimum atomic E-state index is -5.63. The van der Waals surface area contributed by atoms with E-state index >= 15 is 0 Å². The van der Waals surface area contributed by atoms with E-state index in [0.29, 0.717) is 32.1 Å². The molecule has 4 rings (SSSR count). The molecule has 0 heterocycles. The van der Waals surface area contributed by atoms with Gasteiger partial charge in [-0.15, -0.1) is 4.33 Å². The van der Waals surface area contributed by atoms with Gasteiger partial charge in [-0.25, -0.2) is 14.4 Å². The van der Waals surface area contributed by atoms with Crippen molar-refractivity contribution in [2.75, 3.05) is 6.61 Å². The predicted molar refractivity (Wildman–Crippen MR) is 75.3 cm³/mol. The molecule has 2 N–H and O–H groups in total. The second-order valence-corrected chi connectivity index (χ2v) is 8.45. The number of hydrogen-bond acceptors (Lipinski definition) is 7. The maximum Gasteiger partial charge on any atom is 0.446 e. The Labute approximate surface area is 144 Å². The summed E-state index contributed by atoms with van der Waals surface area (Å²) in [5.41, 5.74) is -1.50. The highest BCUT2D eigenvalue weighted by Crippen LogP contribution is 2.61. The van der Waals surface area contributed by atoms with Crippen LogP contribution >= 0.6 is 12.0 Å². The van der Waals surface area contributed by atoms with Crippen molar-refractivity contribution >= 4 is 18.0 Å². The van der Waals surface area contributed by atoms with Gasteiger partial charge >= 0.3 is 17.1 Å². The van der Waals surface area contributed by atoms with Crippen LogP contribution < -0.4 is 0 Å². The monoisotopic (exact) mass is 390 g/mol. The molecule has 0 aromatic rings. The van der Waals surface area contributed by atoms with Crippen LogP contribution in [0.25, 0.3) is 0 Å². The molecular weight excluding hydrogens is 372 g/mol. The molecular formula is C14H18F4O6S. The van der Waals surface area contributed by atoms with Crippen molar-refractivity contribution in [1.82, 2.24) is 0 Å². The number of aliphatic hydroxyl groups is 1. The van der Waals surface area contributed by atoms with Gasteiger partial charge in [0.1, 0.15) is 0 Å². The largest absolute Gasteiger partial charge is 0.462 e. The third-order valence-corrected chi connectivity index (χ3v) is 6.22. The third kappa shape index (κ3) is 3.48. The van der Waals surface area contributed by atoms with Gasteiger partial charge in [0.15, 0.2) is 0 Å². The molecule has 0 saturated heterocycles. The summed E-state index contributed by atoms with van der Waals surface area (Å²) in [6.45, 7) is -0.399. The summed E-state index contributed by atoms with van der Waals surface area (Å²) in [4.78, 5) is 11.8. The van der Waals surface area contributed by atoms with Crippen LogP contribution in [0.5, 0.6) is 0 Å². The molecule has 3 atom stereocenters. The Balaban J connectivity index is 1.69. The van der Waals surface area contributed by atoms with Gasteiger partial charge in [-0.3, -0.25) is 0 Å². The van der Waals surface area contributed by atoms with E-state index in [0.717, 1.165) is 6.42 Å². The number of alkyl halides is 4. The molecule has 4 aliphatic carbocycles. The zero-order chi connectivity index (χ0) is 18.5. The van der Waals surface area contributed by atoms with Crippen LogP contribution in [0.3, 0.4) is 0 Å². The fourth-order valence-corrected chi connectivity index (χ4v) is 5.49. The zero-order valence-electron chi connectivity index (χ0n) is 13.1. The van der Waals surface area contributed by atoms with E-state index < -0.39 is 46.8 Å². The lowest BCUT2D eigenvalue weighted by atomic mass is 9.48. The molecule has 25 heavy (non-hydrogen) atoms. The summed E-state index contributed by atoms with van der Waals surface area (Å²) in [6, 6.07) is 0. The summed E-state index contributed by atoms with van der Waals surface area (Å²) in [5.74, 6) is -1.70. The lowest BCUT2D eigenvalue weighted by molar-refractivity contribution is -0.433. The van der Waals surface area contributed by atoms with Crippen LogP contribution in [0.4, 0.5) is 17.6 Å². The van der Waals surface area contributed by atoms with Crippen molar-refractivity contribution in [3.05, 3.63) is 0 Å². The van der Waals surface area contributed by atoms with E-state index in [4.69, 9.17) is 5.26 Å². The maximum atomic E-state index is 14.1. The third-order valence-electron chi connectivity index (χ3n) is 5.47. The molecule has 0 aromatic carbocycles. The average Bonchev–Trinajstić information content (AvgIpc) is 2.46. The highest BCUT2D eigenvalue weighted by Gasteiger charge is 2.66. The molecule has 3 unspecified atom stereocenters. The van der Waals surface area contributed by atoms with E-state index in [1.54, 1.807) is 0 Å². The lowest BCUT2D eigenvalue weighted by Gasteiger charge is -2.59. The normalized spacial score (nSPS) is 39.3. The van der Waals surface area contributed by atoms with Gasteiger partial charge in [0.2, 0.25) is 0 Å². The van der Waals surface area contributed by atoms with Crippen LogP contribution in [-0.4, -0.2) is 39.7 Å². The van der Waals surface area contributed by atoms with Crippen LogP contribution in [0.15, 0.2) is 0 Å². The Kier molecular flexibility index (Phi) is 4.77. The van der Waals surface area contributed by atoms with Crippen LogP contribution in [0, 0.1) is 17.3 Å². The Hall–Kier alpha value is -0.620. The predicted octanol–water partition coefficient (Wildman–Crippen LogP) is 3.16. The van der Waals surface area contributed by atoms with Gasteiger partial charge in [0.05, 0.1) is 24.3 Å². The summed E-state index contributed by atoms with van der Waals surface area (Å²) in [5, 5.41) is 16.9. The van der Waals surface area contributed by atoms with Crippen molar-refractivity contribution in [2.24, 2.45) is 17.3 Å². The first-order chi connectivity index (χ1) is 11.5. The van der Waals surface area contributed by atoms with Gasteiger partial charge in [0.25, 0.3) is 0 Å². The van der Waals surface area contributed by atoms with E-state index in [2.05, 4.69) is 14.1 Å². The van der Waals surface area contributed by atoms with E-state index in [9.17, 15) is 27.5 Å². The number of rotatable bonds is 6. The average molecular weight is 390 g/mol. The second kappa shape index (κ2) is 6.22. The minimum absolute atomic E-state index is 0.239. The van der Waals surface area contributed by atoms with Crippen LogP contribution in [-0.2, 0) is 18.9 Å². The van der Waals surface area contributed by atoms with E-state index in [-0.39, 0.29) is 11.8 Å². The summed E-state index contributed by atoms with van der Waals surface area (Å²) in [7, 11) is 0. The van der Waals surface area contributed by atoms with Crippen molar-refractivity contribution in [3.8, 4) is 0 Å². The smallest absolute Gasteiger partial charge is 0.446 e. The van der Waals surface area contributed by atoms with Gasteiger partial charge in [-0.05, 0) is 50.4 Å². The second-order valence-electron chi connectivity index (χ2n) is 7.58. The van der Waals surface area contributed by atoms with Gasteiger partial charge in [-0.1, -0.05) is 5.04 Å². The molecule has 4 saturated carbocycles. The highest BCUT2D eigenvalue weighted by atomic mass is 32.2. The summed E-state index contributed by atoms with van der Waals surface area (Å²) < 4.78 is 60.9. The Morgan fingerprint density at radius 2 is 1.76 bits per heavy atom. The van der Waals surface area contributed by atoms with E-state index in [1.165, 1.54) is 0 Å². The molecule has 0 amide bonds. The van der Waals surface area contributed by atoms with Crippen LogP contribution in [0.1, 0.15) is 38.5 Å². The van der Waals surface area contributed by atoms with Crippen molar-refractivity contribution in [3.63, 3.8) is 0 Å². The number of halogens is 4. The first-order valence-corrected chi connectivity index (χ1v) is 8.56. The molecule has 4 fully saturated rings. The highest BCUT2D eigenvalue weighted by molar-refractivity contribution is 7.96. The van der Waals surface area contributed by atoms with Crippen molar-refractivity contribution in [2.45, 2.75) is 55.3 Å². The topological polar surface area (TPSA) is 85.2 Å². The Morgan fingerprint density at radius 3 is 2.24 bits per heavy atom. The molecule has 0 spiro atoms. The Bertz CT molecular complexity index is 530. The molecule has 11 heteroatoms. The van der Waals surface area contributed by atoms with Gasteiger partial charge in [0, 0.05) is 5.41 Å². The quantitative estimate of drug-likeness (QED) is 0.237. The Morgan fingerprint density at radius 1 is 1.16 bits per heavy atom. The van der Waals surface area contributed by atoms with Crippen molar-refractivity contribution in [1.29, 1.82) is 0 Å². The molecule has 0 aliphatic heterocycles. The maximum absolute atomic E-state index is 14.1. The SMILES string of the molecule is O=C(OCC12CC3CC(CC(O)(C3)C1)C2)C(F)(SOOO)C(F)(F)F. The molecule has 144 valence electrons. The fraction of sp³-hybridized carbons (Fsp3) is 0.929. The fourth-order valence-electron chi connectivity index (χ4n) is 5.14. The number of esters is 1. The molecule has 4 bridgehead atoms. The van der Waals surface area contributed by atoms with Gasteiger partial charge < -0.3 is 9.84 Å². The minimum Gasteiger partial charge on any atom is -0.462 e. The summed E-state index contributed by atoms with van der Waals surface area (Å²) in [6.07, 6.45) is -1.80.